The topological polar surface area (TPSA) is 38.7 Å². The number of nitrogens with zero attached hydrogens (tertiary/aromatic N) is 1. The number of carbonyl (C=O) groups excluding carboxylic acids is 1. The monoisotopic (exact) mass is 333 g/mol. The van der Waals surface area contributed by atoms with Gasteiger partial charge in [0.15, 0.2) is 0 Å². The van der Waals surface area contributed by atoms with Crippen molar-refractivity contribution in [2.24, 2.45) is 4.99 Å². The van der Waals surface area contributed by atoms with Crippen LogP contribution >= 0.6 is 0 Å². The fourth-order valence-corrected chi connectivity index (χ4v) is 2.15. The number of aliphatic imine (C=N–C) groups is 1. The maximum atomic E-state index is 12.9. The summed E-state index contributed by atoms with van der Waals surface area (Å²) >= 11 is 0. The summed E-state index contributed by atoms with van der Waals surface area (Å²) in [5.41, 5.74) is 3.25. The Balaban J connectivity index is 1.64. The van der Waals surface area contributed by atoms with Crippen LogP contribution in [0.2, 0.25) is 0 Å². The molecule has 0 unspecified atom stereocenters. The minimum absolute atomic E-state index is 0.298. The van der Waals surface area contributed by atoms with Gasteiger partial charge in [-0.05, 0) is 73.2 Å². The molecule has 0 aliphatic rings. The van der Waals surface area contributed by atoms with Gasteiger partial charge in [0.25, 0.3) is 0 Å². The Morgan fingerprint density at radius 3 is 2.20 bits per heavy atom. The number of ether oxygens (including phenoxy) is 1. The molecule has 0 fully saturated rings. The molecule has 0 atom stereocenters. The van der Waals surface area contributed by atoms with E-state index >= 15 is 0 Å². The molecule has 0 aliphatic carbocycles. The van der Waals surface area contributed by atoms with E-state index in [-0.39, 0.29) is 0 Å². The van der Waals surface area contributed by atoms with E-state index in [2.05, 4.69) is 4.99 Å². The molecule has 4 heteroatoms. The predicted octanol–water partition coefficient (Wildman–Crippen LogP) is 5.10. The molecule has 3 nitrogen and oxygen atoms in total. The quantitative estimate of drug-likeness (QED) is 0.378. The van der Waals surface area contributed by atoms with Gasteiger partial charge in [-0.25, -0.2) is 9.18 Å². The second-order valence-electron chi connectivity index (χ2n) is 5.56. The van der Waals surface area contributed by atoms with Gasteiger partial charge in [0.1, 0.15) is 11.6 Å². The number of aryl methyl sites for hydroxylation is 1. The van der Waals surface area contributed by atoms with Crippen molar-refractivity contribution >= 4 is 17.9 Å². The van der Waals surface area contributed by atoms with Crippen LogP contribution in [0.4, 0.5) is 10.1 Å². The van der Waals surface area contributed by atoms with E-state index in [1.807, 2.05) is 43.3 Å². The summed E-state index contributed by atoms with van der Waals surface area (Å²) in [7, 11) is 0. The molecule has 0 saturated heterocycles. The van der Waals surface area contributed by atoms with E-state index in [0.717, 1.165) is 11.3 Å². The third-order valence-corrected chi connectivity index (χ3v) is 3.57. The van der Waals surface area contributed by atoms with Crippen molar-refractivity contribution in [2.75, 3.05) is 0 Å². The van der Waals surface area contributed by atoms with Gasteiger partial charge in [0, 0.05) is 6.21 Å². The molecular weight excluding hydrogens is 317 g/mol. The van der Waals surface area contributed by atoms with Crippen LogP contribution in [0, 0.1) is 12.7 Å². The Morgan fingerprint density at radius 1 is 0.920 bits per heavy atom. The minimum atomic E-state index is -0.527. The van der Waals surface area contributed by atoms with Crippen LogP contribution in [0.25, 0.3) is 0 Å². The molecule has 25 heavy (non-hydrogen) atoms. The maximum Gasteiger partial charge on any atom is 0.343 e. The molecule has 0 aliphatic heterocycles. The van der Waals surface area contributed by atoms with Crippen molar-refractivity contribution < 1.29 is 13.9 Å². The van der Waals surface area contributed by atoms with Crippen LogP contribution in [0.3, 0.4) is 0 Å². The number of carbonyl (C=O) groups is 1. The molecule has 3 rings (SSSR count). The lowest BCUT2D eigenvalue weighted by molar-refractivity contribution is 0.0734. The van der Waals surface area contributed by atoms with Gasteiger partial charge in [0.2, 0.25) is 0 Å². The Hall–Kier alpha value is -3.27. The van der Waals surface area contributed by atoms with Gasteiger partial charge in [-0.3, -0.25) is 4.99 Å². The standard InChI is InChI=1S/C21H16FNO2/c1-15-2-10-19(11-3-15)23-14-16-4-12-20(13-5-16)25-21(24)17-6-8-18(22)9-7-17/h2-14H,1H3. The first kappa shape index (κ1) is 16.6. The van der Waals surface area contributed by atoms with E-state index in [1.165, 1.54) is 29.8 Å². The second-order valence-corrected chi connectivity index (χ2v) is 5.56. The zero-order valence-electron chi connectivity index (χ0n) is 13.6. The molecule has 3 aromatic rings. The molecule has 3 aromatic carbocycles. The lowest BCUT2D eigenvalue weighted by Gasteiger charge is -2.04. The smallest absolute Gasteiger partial charge is 0.343 e. The molecule has 0 radical (unpaired) electrons. The fourth-order valence-electron chi connectivity index (χ4n) is 2.15. The highest BCUT2D eigenvalue weighted by molar-refractivity contribution is 5.91. The van der Waals surface area contributed by atoms with Crippen molar-refractivity contribution in [1.29, 1.82) is 0 Å². The Morgan fingerprint density at radius 2 is 1.56 bits per heavy atom. The molecule has 0 heterocycles. The summed E-state index contributed by atoms with van der Waals surface area (Å²) in [4.78, 5) is 16.4. The largest absolute Gasteiger partial charge is 0.423 e. The Bertz CT molecular complexity index is 883. The van der Waals surface area contributed by atoms with Crippen LogP contribution in [0.1, 0.15) is 21.5 Å². The third kappa shape index (κ3) is 4.61. The summed E-state index contributed by atoms with van der Waals surface area (Å²) in [6.45, 7) is 2.03. The molecule has 0 N–H and O–H groups in total. The highest BCUT2D eigenvalue weighted by Crippen LogP contribution is 2.16. The second kappa shape index (κ2) is 7.53. The van der Waals surface area contributed by atoms with E-state index < -0.39 is 11.8 Å². The molecular formula is C21H16FNO2. The van der Waals surface area contributed by atoms with Crippen molar-refractivity contribution in [2.45, 2.75) is 6.92 Å². The van der Waals surface area contributed by atoms with Crippen LogP contribution in [-0.2, 0) is 0 Å². The van der Waals surface area contributed by atoms with E-state index in [0.29, 0.717) is 11.3 Å². The fraction of sp³-hybridized carbons (Fsp3) is 0.0476. The van der Waals surface area contributed by atoms with E-state index in [4.69, 9.17) is 4.74 Å². The van der Waals surface area contributed by atoms with Gasteiger partial charge in [-0.2, -0.15) is 0 Å². The molecule has 0 saturated carbocycles. The van der Waals surface area contributed by atoms with E-state index in [9.17, 15) is 9.18 Å². The van der Waals surface area contributed by atoms with Gasteiger partial charge < -0.3 is 4.74 Å². The highest BCUT2D eigenvalue weighted by atomic mass is 19.1. The lowest BCUT2D eigenvalue weighted by Crippen LogP contribution is -2.08. The zero-order valence-corrected chi connectivity index (χ0v) is 13.6. The van der Waals surface area contributed by atoms with Gasteiger partial charge in [0.05, 0.1) is 11.3 Å². The molecule has 0 amide bonds. The van der Waals surface area contributed by atoms with Crippen LogP contribution in [-0.4, -0.2) is 12.2 Å². The molecule has 0 spiro atoms. The van der Waals surface area contributed by atoms with Crippen molar-refractivity contribution in [1.82, 2.24) is 0 Å². The van der Waals surface area contributed by atoms with Gasteiger partial charge in [-0.1, -0.05) is 17.7 Å². The van der Waals surface area contributed by atoms with Gasteiger partial charge >= 0.3 is 5.97 Å². The summed E-state index contributed by atoms with van der Waals surface area (Å²) < 4.78 is 18.1. The van der Waals surface area contributed by atoms with Gasteiger partial charge in [-0.15, -0.1) is 0 Å². The van der Waals surface area contributed by atoms with Crippen LogP contribution < -0.4 is 4.74 Å². The number of hydrogen-bond acceptors (Lipinski definition) is 3. The lowest BCUT2D eigenvalue weighted by atomic mass is 10.2. The van der Waals surface area contributed by atoms with E-state index in [1.54, 1.807) is 18.3 Å². The zero-order chi connectivity index (χ0) is 17.6. The average Bonchev–Trinajstić information content (AvgIpc) is 2.63. The first-order valence-corrected chi connectivity index (χ1v) is 7.79. The molecule has 0 bridgehead atoms. The number of esters is 1. The number of benzene rings is 3. The summed E-state index contributed by atoms with van der Waals surface area (Å²) in [5.74, 6) is -0.503. The first-order valence-electron chi connectivity index (χ1n) is 7.79. The van der Waals surface area contributed by atoms with Crippen LogP contribution in [0.5, 0.6) is 5.75 Å². The number of rotatable bonds is 4. The average molecular weight is 333 g/mol. The molecule has 124 valence electrons. The highest BCUT2D eigenvalue weighted by Gasteiger charge is 2.08. The van der Waals surface area contributed by atoms with Crippen molar-refractivity contribution in [3.8, 4) is 5.75 Å². The summed E-state index contributed by atoms with van der Waals surface area (Å²) in [5, 5.41) is 0. The Labute approximate surface area is 145 Å². The first-order chi connectivity index (χ1) is 12.1. The minimum Gasteiger partial charge on any atom is -0.423 e. The maximum absolute atomic E-state index is 12.9. The Kier molecular flexibility index (Phi) is 5.00. The molecule has 0 aromatic heterocycles. The summed E-state index contributed by atoms with van der Waals surface area (Å²) in [6, 6.07) is 20.1. The third-order valence-electron chi connectivity index (χ3n) is 3.57. The number of hydrogen-bond donors (Lipinski definition) is 0. The number of halogens is 1. The van der Waals surface area contributed by atoms with Crippen molar-refractivity contribution in [3.63, 3.8) is 0 Å². The predicted molar refractivity (Wildman–Crippen MR) is 96.2 cm³/mol. The SMILES string of the molecule is Cc1ccc(N=Cc2ccc(OC(=O)c3ccc(F)cc3)cc2)cc1. The van der Waals surface area contributed by atoms with Crippen molar-refractivity contribution in [3.05, 3.63) is 95.3 Å². The van der Waals surface area contributed by atoms with Crippen LogP contribution in [0.15, 0.2) is 77.8 Å². The summed E-state index contributed by atoms with van der Waals surface area (Å²) in [6.07, 6.45) is 1.75. The normalized spacial score (nSPS) is 10.8.